The van der Waals surface area contributed by atoms with E-state index in [1.165, 1.54) is 0 Å². The van der Waals surface area contributed by atoms with Gasteiger partial charge in [-0.3, -0.25) is 4.79 Å². The highest BCUT2D eigenvalue weighted by Crippen LogP contribution is 2.46. The first-order valence-electron chi connectivity index (χ1n) is 11.9. The Morgan fingerprint density at radius 1 is 1.03 bits per heavy atom. The van der Waals surface area contributed by atoms with E-state index in [9.17, 15) is 4.79 Å². The molecule has 1 saturated heterocycles. The number of hydrogen-bond acceptors (Lipinski definition) is 6. The number of ketones is 1. The maximum Gasteiger partial charge on any atom is 0.196 e. The molecule has 2 aliphatic rings. The maximum atomic E-state index is 13.7. The normalized spacial score (nSPS) is 15.5. The molecular formula is C28H28N4O2. The van der Waals surface area contributed by atoms with E-state index < -0.39 is 0 Å². The fourth-order valence-electron chi connectivity index (χ4n) is 5.13. The molecule has 1 aliphatic carbocycles. The Bertz CT molecular complexity index is 1400. The zero-order chi connectivity index (χ0) is 23.4. The predicted octanol–water partition coefficient (Wildman–Crippen LogP) is 6.09. The number of benzene rings is 3. The van der Waals surface area contributed by atoms with Crippen molar-refractivity contribution in [2.24, 2.45) is 5.92 Å². The number of anilines is 4. The van der Waals surface area contributed by atoms with E-state index in [2.05, 4.69) is 45.4 Å². The minimum absolute atomic E-state index is 0.00234. The number of hydrogen-bond donors (Lipinski definition) is 1. The average Bonchev–Trinajstić information content (AvgIpc) is 3.29. The second-order valence-corrected chi connectivity index (χ2v) is 9.66. The summed E-state index contributed by atoms with van der Waals surface area (Å²) in [4.78, 5) is 18.2. The number of fused-ring (bicyclic) bond motifs is 2. The molecule has 2 heterocycles. The van der Waals surface area contributed by atoms with Crippen molar-refractivity contribution in [3.05, 3.63) is 65.7 Å². The van der Waals surface area contributed by atoms with Gasteiger partial charge >= 0.3 is 0 Å². The fraction of sp³-hybridized carbons (Fsp3) is 0.286. The molecule has 1 fully saturated rings. The summed E-state index contributed by atoms with van der Waals surface area (Å²) in [5.74, 6) is 1.40. The van der Waals surface area contributed by atoms with Crippen LogP contribution in [0.4, 0.5) is 22.7 Å². The van der Waals surface area contributed by atoms with E-state index in [1.807, 2.05) is 50.5 Å². The Labute approximate surface area is 199 Å². The molecule has 172 valence electrons. The summed E-state index contributed by atoms with van der Waals surface area (Å²) in [5, 5.41) is 8.85. The molecule has 0 radical (unpaired) electrons. The minimum atomic E-state index is 0.00234. The third kappa shape index (κ3) is 3.24. The van der Waals surface area contributed by atoms with Gasteiger partial charge in [-0.05, 0) is 49.1 Å². The number of carbonyl (C=O) groups is 1. The summed E-state index contributed by atoms with van der Waals surface area (Å²) in [7, 11) is 4.05. The van der Waals surface area contributed by atoms with Crippen molar-refractivity contribution in [2.75, 3.05) is 42.3 Å². The van der Waals surface area contributed by atoms with Crippen molar-refractivity contribution < 1.29 is 9.32 Å². The third-order valence-corrected chi connectivity index (χ3v) is 7.17. The van der Waals surface area contributed by atoms with Crippen molar-refractivity contribution in [3.63, 3.8) is 0 Å². The van der Waals surface area contributed by atoms with Crippen molar-refractivity contribution in [1.82, 2.24) is 5.16 Å². The molecule has 6 rings (SSSR count). The van der Waals surface area contributed by atoms with Gasteiger partial charge in [0, 0.05) is 49.7 Å². The van der Waals surface area contributed by atoms with Gasteiger partial charge in [0.05, 0.1) is 22.3 Å². The lowest BCUT2D eigenvalue weighted by Gasteiger charge is -2.33. The summed E-state index contributed by atoms with van der Waals surface area (Å²) >= 11 is 0. The smallest absolute Gasteiger partial charge is 0.196 e. The highest BCUT2D eigenvalue weighted by Gasteiger charge is 2.34. The number of nitrogens with one attached hydrogen (secondary N) is 1. The number of piperidine rings is 1. The molecule has 6 nitrogen and oxygen atoms in total. The van der Waals surface area contributed by atoms with Crippen LogP contribution in [-0.2, 0) is 0 Å². The van der Waals surface area contributed by atoms with Crippen LogP contribution in [0.3, 0.4) is 0 Å². The van der Waals surface area contributed by atoms with E-state index in [0.717, 1.165) is 71.1 Å². The zero-order valence-electron chi connectivity index (χ0n) is 19.8. The number of nitrogens with zero attached hydrogens (tertiary/aromatic N) is 3. The summed E-state index contributed by atoms with van der Waals surface area (Å²) in [5.41, 5.74) is 6.75. The Balaban J connectivity index is 1.54. The molecular weight excluding hydrogens is 424 g/mol. The predicted molar refractivity (Wildman–Crippen MR) is 138 cm³/mol. The first-order valence-corrected chi connectivity index (χ1v) is 11.9. The van der Waals surface area contributed by atoms with Crippen molar-refractivity contribution >= 4 is 39.4 Å². The van der Waals surface area contributed by atoms with Gasteiger partial charge in [0.15, 0.2) is 11.5 Å². The van der Waals surface area contributed by atoms with Gasteiger partial charge in [0.25, 0.3) is 0 Å². The molecule has 0 unspecified atom stereocenters. The van der Waals surface area contributed by atoms with E-state index in [1.54, 1.807) is 0 Å². The van der Waals surface area contributed by atoms with Crippen molar-refractivity contribution in [1.29, 1.82) is 0 Å². The molecule has 0 atom stereocenters. The molecule has 0 amide bonds. The van der Waals surface area contributed by atoms with Gasteiger partial charge < -0.3 is 19.6 Å². The number of rotatable bonds is 4. The second-order valence-electron chi connectivity index (χ2n) is 9.66. The Kier molecular flexibility index (Phi) is 4.83. The molecule has 0 spiro atoms. The zero-order valence-corrected chi connectivity index (χ0v) is 19.8. The quantitative estimate of drug-likeness (QED) is 0.356. The van der Waals surface area contributed by atoms with E-state index in [4.69, 9.17) is 4.52 Å². The van der Waals surface area contributed by atoms with Crippen LogP contribution in [0.1, 0.15) is 35.7 Å². The molecule has 34 heavy (non-hydrogen) atoms. The maximum absolute atomic E-state index is 13.7. The molecule has 1 aromatic heterocycles. The highest BCUT2D eigenvalue weighted by atomic mass is 16.5. The topological polar surface area (TPSA) is 61.6 Å². The van der Waals surface area contributed by atoms with Crippen LogP contribution in [0.2, 0.25) is 0 Å². The summed E-state index contributed by atoms with van der Waals surface area (Å²) in [6.07, 6.45) is 2.29. The van der Waals surface area contributed by atoms with Gasteiger partial charge in [0.2, 0.25) is 0 Å². The number of carbonyl (C=O) groups excluding carboxylic acids is 1. The summed E-state index contributed by atoms with van der Waals surface area (Å²) < 4.78 is 5.91. The molecule has 0 bridgehead atoms. The minimum Gasteiger partial charge on any atom is -0.378 e. The molecule has 3 aromatic carbocycles. The van der Waals surface area contributed by atoms with Crippen LogP contribution in [0.25, 0.3) is 22.2 Å². The van der Waals surface area contributed by atoms with E-state index in [0.29, 0.717) is 16.9 Å². The second kappa shape index (κ2) is 7.90. The van der Waals surface area contributed by atoms with Gasteiger partial charge in [-0.2, -0.15) is 0 Å². The first kappa shape index (κ1) is 20.8. The first-order chi connectivity index (χ1) is 16.5. The van der Waals surface area contributed by atoms with Crippen LogP contribution < -0.4 is 15.1 Å². The van der Waals surface area contributed by atoms with Gasteiger partial charge in [-0.1, -0.05) is 36.3 Å². The monoisotopic (exact) mass is 452 g/mol. The van der Waals surface area contributed by atoms with Crippen LogP contribution in [-0.4, -0.2) is 38.1 Å². The van der Waals surface area contributed by atoms with Crippen molar-refractivity contribution in [3.8, 4) is 11.3 Å². The average molecular weight is 453 g/mol. The standard InChI is InChI=1S/C28H28N4O2/c1-17-12-14-32(15-13-17)23-16-22(29-18-8-10-19(11-9-18)31(2)3)24-25-26(23)30-34-28(25)21-7-5-4-6-20(21)27(24)33/h4-11,16-17,29H,12-15H2,1-3H3. The van der Waals surface area contributed by atoms with Crippen LogP contribution in [0, 0.1) is 5.92 Å². The molecule has 1 N–H and O–H groups in total. The lowest BCUT2D eigenvalue weighted by Crippen LogP contribution is -2.33. The SMILES string of the molecule is CC1CCN(c2cc(Nc3ccc(N(C)C)cc3)c3c4c(onc24)-c2ccccc2C3=O)CC1. The molecule has 4 aromatic rings. The third-order valence-electron chi connectivity index (χ3n) is 7.17. The van der Waals surface area contributed by atoms with Crippen LogP contribution in [0.15, 0.2) is 59.1 Å². The molecule has 6 heteroatoms. The number of aromatic nitrogens is 1. The Morgan fingerprint density at radius 2 is 1.74 bits per heavy atom. The largest absolute Gasteiger partial charge is 0.378 e. The summed E-state index contributed by atoms with van der Waals surface area (Å²) in [6.45, 7) is 4.25. The summed E-state index contributed by atoms with van der Waals surface area (Å²) in [6, 6.07) is 18.0. The van der Waals surface area contributed by atoms with E-state index >= 15 is 0 Å². The fourth-order valence-corrected chi connectivity index (χ4v) is 5.13. The lowest BCUT2D eigenvalue weighted by atomic mass is 9.86. The Morgan fingerprint density at radius 3 is 2.44 bits per heavy atom. The van der Waals surface area contributed by atoms with Gasteiger partial charge in [-0.15, -0.1) is 0 Å². The lowest BCUT2D eigenvalue weighted by molar-refractivity contribution is 0.104. The van der Waals surface area contributed by atoms with Crippen molar-refractivity contribution in [2.45, 2.75) is 19.8 Å². The van der Waals surface area contributed by atoms with E-state index in [-0.39, 0.29) is 5.78 Å². The van der Waals surface area contributed by atoms with Gasteiger partial charge in [0.1, 0.15) is 5.52 Å². The Hall–Kier alpha value is -3.80. The molecule has 0 saturated carbocycles. The highest BCUT2D eigenvalue weighted by molar-refractivity contribution is 6.28. The van der Waals surface area contributed by atoms with Crippen LogP contribution in [0.5, 0.6) is 0 Å². The van der Waals surface area contributed by atoms with Crippen LogP contribution >= 0.6 is 0 Å². The van der Waals surface area contributed by atoms with Gasteiger partial charge in [-0.25, -0.2) is 0 Å². The molecule has 1 aliphatic heterocycles.